The number of rotatable bonds is 4. The van der Waals surface area contributed by atoms with E-state index in [1.165, 1.54) is 0 Å². The number of hydrogen-bond acceptors (Lipinski definition) is 4. The summed E-state index contributed by atoms with van der Waals surface area (Å²) in [5.41, 5.74) is 1.95. The fourth-order valence-electron chi connectivity index (χ4n) is 2.62. The van der Waals surface area contributed by atoms with E-state index in [1.807, 2.05) is 18.2 Å². The molecule has 1 saturated heterocycles. The predicted octanol–water partition coefficient (Wildman–Crippen LogP) is 3.65. The van der Waals surface area contributed by atoms with Gasteiger partial charge in [0.1, 0.15) is 11.1 Å². The number of pyridine rings is 1. The molecule has 4 nitrogen and oxygen atoms in total. The number of nitrogens with zero attached hydrogens (tertiary/aromatic N) is 2. The molecule has 1 aliphatic rings. The highest BCUT2D eigenvalue weighted by Gasteiger charge is 2.26. The van der Waals surface area contributed by atoms with Crippen molar-refractivity contribution < 1.29 is 9.84 Å². The highest BCUT2D eigenvalue weighted by molar-refractivity contribution is 9.10. The number of aliphatic hydroxyl groups is 1. The van der Waals surface area contributed by atoms with Crippen molar-refractivity contribution in [3.8, 4) is 5.88 Å². The zero-order valence-electron chi connectivity index (χ0n) is 11.9. The van der Waals surface area contributed by atoms with Gasteiger partial charge in [0.15, 0.2) is 0 Å². The van der Waals surface area contributed by atoms with E-state index in [9.17, 15) is 5.11 Å². The molecule has 2 heterocycles. The predicted molar refractivity (Wildman–Crippen MR) is 90.6 cm³/mol. The Morgan fingerprint density at radius 1 is 1.41 bits per heavy atom. The van der Waals surface area contributed by atoms with E-state index in [4.69, 9.17) is 16.3 Å². The van der Waals surface area contributed by atoms with Crippen LogP contribution in [-0.2, 0) is 6.61 Å². The van der Waals surface area contributed by atoms with Crippen LogP contribution in [0.25, 0.3) is 0 Å². The van der Waals surface area contributed by atoms with Gasteiger partial charge < -0.3 is 14.7 Å². The van der Waals surface area contributed by atoms with Crippen LogP contribution in [0, 0.1) is 0 Å². The fourth-order valence-corrected chi connectivity index (χ4v) is 3.14. The highest BCUT2D eigenvalue weighted by atomic mass is 79.9. The quantitative estimate of drug-likeness (QED) is 0.875. The van der Waals surface area contributed by atoms with Crippen LogP contribution in [0.4, 0.5) is 5.69 Å². The summed E-state index contributed by atoms with van der Waals surface area (Å²) in [7, 11) is 0. The third-order valence-electron chi connectivity index (χ3n) is 3.71. The third kappa shape index (κ3) is 3.37. The number of ether oxygens (including phenoxy) is 1. The minimum atomic E-state index is 0.0245. The summed E-state index contributed by atoms with van der Waals surface area (Å²) in [6, 6.07) is 9.46. The first-order valence-corrected chi connectivity index (χ1v) is 8.26. The Kier molecular flexibility index (Phi) is 4.86. The van der Waals surface area contributed by atoms with E-state index in [1.54, 1.807) is 18.3 Å². The average molecular weight is 384 g/mol. The molecule has 0 unspecified atom stereocenters. The van der Waals surface area contributed by atoms with Crippen LogP contribution in [0.1, 0.15) is 12.0 Å². The molecule has 6 heteroatoms. The topological polar surface area (TPSA) is 45.6 Å². The van der Waals surface area contributed by atoms with Crippen LogP contribution in [0.5, 0.6) is 5.88 Å². The number of anilines is 1. The Balaban J connectivity index is 1.73. The van der Waals surface area contributed by atoms with E-state index >= 15 is 0 Å². The minimum Gasteiger partial charge on any atom is -0.471 e. The summed E-state index contributed by atoms with van der Waals surface area (Å²) in [5.74, 6) is 0.479. The fraction of sp³-hybridized carbons (Fsp3) is 0.312. The Morgan fingerprint density at radius 3 is 3.05 bits per heavy atom. The lowest BCUT2D eigenvalue weighted by Gasteiger charge is -2.22. The smallest absolute Gasteiger partial charge is 0.232 e. The first kappa shape index (κ1) is 15.6. The van der Waals surface area contributed by atoms with E-state index in [0.29, 0.717) is 10.9 Å². The van der Waals surface area contributed by atoms with Gasteiger partial charge in [-0.1, -0.05) is 33.6 Å². The van der Waals surface area contributed by atoms with E-state index < -0.39 is 0 Å². The minimum absolute atomic E-state index is 0.0245. The van der Waals surface area contributed by atoms with Crippen molar-refractivity contribution in [3.05, 3.63) is 51.6 Å². The largest absolute Gasteiger partial charge is 0.471 e. The van der Waals surface area contributed by atoms with E-state index in [-0.39, 0.29) is 12.7 Å². The molecule has 0 aliphatic carbocycles. The van der Waals surface area contributed by atoms with Gasteiger partial charge in [-0.3, -0.25) is 0 Å². The molecular weight excluding hydrogens is 368 g/mol. The van der Waals surface area contributed by atoms with Gasteiger partial charge in [-0.25, -0.2) is 4.98 Å². The zero-order valence-corrected chi connectivity index (χ0v) is 14.2. The van der Waals surface area contributed by atoms with Gasteiger partial charge in [0.05, 0.1) is 13.2 Å². The molecule has 1 aromatic heterocycles. The monoisotopic (exact) mass is 382 g/mol. The molecule has 1 atom stereocenters. The average Bonchev–Trinajstić information content (AvgIpc) is 2.98. The van der Waals surface area contributed by atoms with Gasteiger partial charge in [-0.2, -0.15) is 0 Å². The van der Waals surface area contributed by atoms with Crippen molar-refractivity contribution in [1.29, 1.82) is 0 Å². The number of benzene rings is 1. The first-order chi connectivity index (χ1) is 10.7. The number of aromatic nitrogens is 1. The number of hydrogen-bond donors (Lipinski definition) is 1. The maximum atomic E-state index is 9.51. The molecule has 1 fully saturated rings. The zero-order chi connectivity index (χ0) is 15.5. The van der Waals surface area contributed by atoms with Crippen LogP contribution in [0.15, 0.2) is 41.0 Å². The van der Waals surface area contributed by atoms with Gasteiger partial charge in [-0.05, 0) is 24.3 Å². The lowest BCUT2D eigenvalue weighted by Crippen LogP contribution is -2.25. The lowest BCUT2D eigenvalue weighted by atomic mass is 10.2. The molecule has 22 heavy (non-hydrogen) atoms. The van der Waals surface area contributed by atoms with Gasteiger partial charge in [0, 0.05) is 34.9 Å². The number of aliphatic hydroxyl groups excluding tert-OH is 1. The van der Waals surface area contributed by atoms with E-state index in [0.717, 1.165) is 35.2 Å². The van der Waals surface area contributed by atoms with Crippen molar-refractivity contribution in [2.24, 2.45) is 0 Å². The molecule has 0 bridgehead atoms. The summed E-state index contributed by atoms with van der Waals surface area (Å²) < 4.78 is 6.90. The molecule has 3 rings (SSSR count). The van der Waals surface area contributed by atoms with Crippen LogP contribution in [0.2, 0.25) is 5.02 Å². The molecule has 0 saturated carbocycles. The molecule has 0 spiro atoms. The van der Waals surface area contributed by atoms with Crippen molar-refractivity contribution in [3.63, 3.8) is 0 Å². The van der Waals surface area contributed by atoms with Crippen LogP contribution < -0.4 is 9.64 Å². The standard InChI is InChI=1S/C16H16BrClN2O2/c17-12-4-3-11(10-21)15(8-12)20-7-5-13(9-20)22-16-14(18)2-1-6-19-16/h1-4,6,8,13,21H,5,7,9-10H2/t13-/m0/s1. The molecular formula is C16H16BrClN2O2. The molecule has 2 aromatic rings. The Hall–Kier alpha value is -1.30. The van der Waals surface area contributed by atoms with Crippen molar-refractivity contribution in [1.82, 2.24) is 4.98 Å². The van der Waals surface area contributed by atoms with Gasteiger partial charge in [0.25, 0.3) is 0 Å². The molecule has 0 amide bonds. The second-order valence-corrected chi connectivity index (χ2v) is 6.52. The van der Waals surface area contributed by atoms with Crippen LogP contribution in [0.3, 0.4) is 0 Å². The summed E-state index contributed by atoms with van der Waals surface area (Å²) >= 11 is 9.57. The van der Waals surface area contributed by atoms with Gasteiger partial charge in [-0.15, -0.1) is 0 Å². The van der Waals surface area contributed by atoms with Crippen molar-refractivity contribution >= 4 is 33.2 Å². The van der Waals surface area contributed by atoms with Crippen LogP contribution in [-0.4, -0.2) is 29.3 Å². The first-order valence-electron chi connectivity index (χ1n) is 7.09. The molecule has 116 valence electrons. The van der Waals surface area contributed by atoms with Gasteiger partial charge in [0.2, 0.25) is 5.88 Å². The summed E-state index contributed by atoms with van der Waals surface area (Å²) in [5, 5.41) is 10.0. The second-order valence-electron chi connectivity index (χ2n) is 5.20. The summed E-state index contributed by atoms with van der Waals surface area (Å²) in [4.78, 5) is 6.39. The molecule has 0 radical (unpaired) electrons. The summed E-state index contributed by atoms with van der Waals surface area (Å²) in [6.45, 7) is 1.64. The second kappa shape index (κ2) is 6.86. The Bertz CT molecular complexity index is 668. The summed E-state index contributed by atoms with van der Waals surface area (Å²) in [6.07, 6.45) is 2.61. The highest BCUT2D eigenvalue weighted by Crippen LogP contribution is 2.30. The molecule has 1 aromatic carbocycles. The SMILES string of the molecule is OCc1ccc(Br)cc1N1CC[C@H](Oc2ncccc2Cl)C1. The lowest BCUT2D eigenvalue weighted by molar-refractivity contribution is 0.216. The molecule has 1 aliphatic heterocycles. The Labute approximate surface area is 142 Å². The Morgan fingerprint density at radius 2 is 2.27 bits per heavy atom. The van der Waals surface area contributed by atoms with E-state index in [2.05, 4.69) is 25.8 Å². The molecule has 1 N–H and O–H groups in total. The van der Waals surface area contributed by atoms with Crippen molar-refractivity contribution in [2.45, 2.75) is 19.1 Å². The van der Waals surface area contributed by atoms with Gasteiger partial charge >= 0.3 is 0 Å². The maximum absolute atomic E-state index is 9.51. The number of halogens is 2. The third-order valence-corrected chi connectivity index (χ3v) is 4.49. The maximum Gasteiger partial charge on any atom is 0.232 e. The van der Waals surface area contributed by atoms with Crippen LogP contribution >= 0.6 is 27.5 Å². The normalized spacial score (nSPS) is 17.8. The van der Waals surface area contributed by atoms with Crippen molar-refractivity contribution in [2.75, 3.05) is 18.0 Å².